The number of fused-ring (bicyclic) bond motifs is 1. The van der Waals surface area contributed by atoms with E-state index in [1.165, 1.54) is 0 Å². The number of likely N-dealkylation sites (N-methyl/N-ethyl adjacent to an activating group) is 1. The maximum atomic E-state index is 12.8. The second-order valence-electron chi connectivity index (χ2n) is 6.74. The van der Waals surface area contributed by atoms with Gasteiger partial charge in [0.1, 0.15) is 0 Å². The summed E-state index contributed by atoms with van der Waals surface area (Å²) in [6, 6.07) is 0.289. The maximum absolute atomic E-state index is 12.8. The first-order valence-electron chi connectivity index (χ1n) is 8.22. The number of likely N-dealkylation sites (tertiary alicyclic amines) is 1. The molecule has 0 N–H and O–H groups in total. The van der Waals surface area contributed by atoms with Gasteiger partial charge in [0, 0.05) is 25.6 Å². The Labute approximate surface area is 130 Å². The summed E-state index contributed by atoms with van der Waals surface area (Å²) in [5.74, 6) is 1.59. The Balaban J connectivity index is 1.50. The molecule has 22 heavy (non-hydrogen) atoms. The van der Waals surface area contributed by atoms with Gasteiger partial charge in [0.15, 0.2) is 5.89 Å². The number of aromatic nitrogens is 1. The minimum atomic E-state index is -0.0191. The van der Waals surface area contributed by atoms with E-state index in [9.17, 15) is 4.79 Å². The summed E-state index contributed by atoms with van der Waals surface area (Å²) in [5, 5.41) is 0. The van der Waals surface area contributed by atoms with E-state index in [0.717, 1.165) is 50.5 Å². The third-order valence-electron chi connectivity index (χ3n) is 5.08. The zero-order valence-corrected chi connectivity index (χ0v) is 13.2. The van der Waals surface area contributed by atoms with Gasteiger partial charge in [0.05, 0.1) is 24.4 Å². The molecule has 1 aliphatic carbocycles. The third-order valence-corrected chi connectivity index (χ3v) is 5.08. The largest absolute Gasteiger partial charge is 0.435 e. The molecule has 2 saturated heterocycles. The van der Waals surface area contributed by atoms with Crippen LogP contribution in [0.15, 0.2) is 4.42 Å². The normalized spacial score (nSPS) is 29.5. The number of aryl methyl sites for hydroxylation is 1. The number of carbonyl (C=O) groups is 1. The number of morpholine rings is 1. The van der Waals surface area contributed by atoms with Crippen LogP contribution in [0.1, 0.15) is 47.3 Å². The molecule has 1 aromatic heterocycles. The molecular formula is C16H23N3O3. The molecule has 0 radical (unpaired) electrons. The Morgan fingerprint density at radius 2 is 2.09 bits per heavy atom. The van der Waals surface area contributed by atoms with E-state index in [-0.39, 0.29) is 18.1 Å². The molecule has 1 saturated carbocycles. The highest BCUT2D eigenvalue weighted by Crippen LogP contribution is 2.40. The maximum Gasteiger partial charge on any atom is 0.291 e. The predicted octanol–water partition coefficient (Wildman–Crippen LogP) is 1.41. The first-order valence-corrected chi connectivity index (χ1v) is 8.22. The van der Waals surface area contributed by atoms with Gasteiger partial charge in [-0.3, -0.25) is 9.69 Å². The number of piperidine rings is 1. The predicted molar refractivity (Wildman–Crippen MR) is 79.9 cm³/mol. The van der Waals surface area contributed by atoms with Crippen molar-refractivity contribution < 1.29 is 13.9 Å². The van der Waals surface area contributed by atoms with Crippen LogP contribution in [0, 0.1) is 6.92 Å². The minimum Gasteiger partial charge on any atom is -0.435 e. The number of amides is 1. The molecule has 6 nitrogen and oxygen atoms in total. The second kappa shape index (κ2) is 5.35. The molecule has 6 heteroatoms. The molecule has 1 aromatic rings. The molecule has 2 atom stereocenters. The number of nitrogens with zero attached hydrogens (tertiary/aromatic N) is 3. The number of ether oxygens (including phenoxy) is 1. The molecule has 0 aromatic carbocycles. The van der Waals surface area contributed by atoms with Gasteiger partial charge >= 0.3 is 0 Å². The monoisotopic (exact) mass is 305 g/mol. The van der Waals surface area contributed by atoms with Crippen molar-refractivity contribution in [3.63, 3.8) is 0 Å². The highest BCUT2D eigenvalue weighted by Gasteiger charge is 2.39. The molecule has 0 spiro atoms. The molecule has 2 aliphatic heterocycles. The van der Waals surface area contributed by atoms with E-state index in [1.54, 1.807) is 0 Å². The Kier molecular flexibility index (Phi) is 3.46. The van der Waals surface area contributed by atoms with Gasteiger partial charge in [-0.05, 0) is 33.2 Å². The van der Waals surface area contributed by atoms with Gasteiger partial charge in [-0.1, -0.05) is 0 Å². The standard InChI is InChI=1S/C16H23N3O3/c1-10-14(22-15(17-10)11-3-4-11)16(20)19-6-5-13-12(9-19)18(2)7-8-21-13/h11-13H,3-9H2,1-2H3. The number of oxazole rings is 1. The fourth-order valence-corrected chi connectivity index (χ4v) is 3.49. The van der Waals surface area contributed by atoms with Crippen LogP contribution >= 0.6 is 0 Å². The van der Waals surface area contributed by atoms with Crippen molar-refractivity contribution in [3.8, 4) is 0 Å². The van der Waals surface area contributed by atoms with Crippen LogP contribution in [0.25, 0.3) is 0 Å². The van der Waals surface area contributed by atoms with Crippen molar-refractivity contribution >= 4 is 5.91 Å². The van der Waals surface area contributed by atoms with Crippen LogP contribution in [0.2, 0.25) is 0 Å². The van der Waals surface area contributed by atoms with E-state index in [2.05, 4.69) is 16.9 Å². The summed E-state index contributed by atoms with van der Waals surface area (Å²) >= 11 is 0. The number of hydrogen-bond donors (Lipinski definition) is 0. The third kappa shape index (κ3) is 2.44. The zero-order chi connectivity index (χ0) is 15.3. The van der Waals surface area contributed by atoms with Crippen LogP contribution in [-0.4, -0.2) is 66.1 Å². The number of rotatable bonds is 2. The lowest BCUT2D eigenvalue weighted by atomic mass is 9.99. The van der Waals surface area contributed by atoms with Crippen LogP contribution < -0.4 is 0 Å². The Morgan fingerprint density at radius 1 is 1.27 bits per heavy atom. The van der Waals surface area contributed by atoms with E-state index in [0.29, 0.717) is 18.2 Å². The summed E-state index contributed by atoms with van der Waals surface area (Å²) in [5.41, 5.74) is 0.724. The van der Waals surface area contributed by atoms with Crippen molar-refractivity contribution in [1.82, 2.24) is 14.8 Å². The van der Waals surface area contributed by atoms with Crippen molar-refractivity contribution in [2.75, 3.05) is 33.3 Å². The summed E-state index contributed by atoms with van der Waals surface area (Å²) in [6.45, 7) is 5.02. The quantitative estimate of drug-likeness (QED) is 0.827. The molecule has 3 aliphatic rings. The highest BCUT2D eigenvalue weighted by molar-refractivity contribution is 5.92. The van der Waals surface area contributed by atoms with E-state index < -0.39 is 0 Å². The van der Waals surface area contributed by atoms with Crippen molar-refractivity contribution in [2.24, 2.45) is 0 Å². The first kappa shape index (κ1) is 14.2. The lowest BCUT2D eigenvalue weighted by Crippen LogP contribution is -2.59. The molecule has 3 fully saturated rings. The van der Waals surface area contributed by atoms with Crippen molar-refractivity contribution in [1.29, 1.82) is 0 Å². The fourth-order valence-electron chi connectivity index (χ4n) is 3.49. The van der Waals surface area contributed by atoms with Gasteiger partial charge in [-0.2, -0.15) is 0 Å². The number of hydrogen-bond acceptors (Lipinski definition) is 5. The number of carbonyl (C=O) groups excluding carboxylic acids is 1. The van der Waals surface area contributed by atoms with Crippen LogP contribution in [-0.2, 0) is 4.74 Å². The molecular weight excluding hydrogens is 282 g/mol. The molecule has 1 amide bonds. The van der Waals surface area contributed by atoms with Crippen LogP contribution in [0.5, 0.6) is 0 Å². The lowest BCUT2D eigenvalue weighted by molar-refractivity contribution is -0.0896. The Bertz CT molecular complexity index is 581. The van der Waals surface area contributed by atoms with Crippen LogP contribution in [0.3, 0.4) is 0 Å². The summed E-state index contributed by atoms with van der Waals surface area (Å²) in [6.07, 6.45) is 3.40. The average molecular weight is 305 g/mol. The molecule has 120 valence electrons. The molecule has 3 heterocycles. The van der Waals surface area contributed by atoms with Crippen LogP contribution in [0.4, 0.5) is 0 Å². The van der Waals surface area contributed by atoms with E-state index in [4.69, 9.17) is 9.15 Å². The molecule has 0 bridgehead atoms. The van der Waals surface area contributed by atoms with Gasteiger partial charge < -0.3 is 14.1 Å². The average Bonchev–Trinajstić information content (AvgIpc) is 3.30. The summed E-state index contributed by atoms with van der Waals surface area (Å²) in [7, 11) is 2.11. The van der Waals surface area contributed by atoms with Gasteiger partial charge in [-0.25, -0.2) is 4.98 Å². The Hall–Kier alpha value is -1.40. The fraction of sp³-hybridized carbons (Fsp3) is 0.750. The molecule has 2 unspecified atom stereocenters. The van der Waals surface area contributed by atoms with Gasteiger partial charge in [0.25, 0.3) is 5.91 Å². The first-order chi connectivity index (χ1) is 10.6. The lowest BCUT2D eigenvalue weighted by Gasteiger charge is -2.45. The second-order valence-corrected chi connectivity index (χ2v) is 6.74. The zero-order valence-electron chi connectivity index (χ0n) is 13.2. The van der Waals surface area contributed by atoms with Crippen molar-refractivity contribution in [2.45, 2.75) is 44.2 Å². The highest BCUT2D eigenvalue weighted by atomic mass is 16.5. The van der Waals surface area contributed by atoms with Crippen molar-refractivity contribution in [3.05, 3.63) is 17.3 Å². The molecule has 4 rings (SSSR count). The topological polar surface area (TPSA) is 58.8 Å². The summed E-state index contributed by atoms with van der Waals surface area (Å²) < 4.78 is 11.6. The van der Waals surface area contributed by atoms with Gasteiger partial charge in [-0.15, -0.1) is 0 Å². The minimum absolute atomic E-state index is 0.0191. The SMILES string of the molecule is Cc1nc(C2CC2)oc1C(=O)N1CCC2OCCN(C)C2C1. The van der Waals surface area contributed by atoms with Gasteiger partial charge in [0.2, 0.25) is 5.76 Å². The summed E-state index contributed by atoms with van der Waals surface area (Å²) in [4.78, 5) is 21.4. The smallest absolute Gasteiger partial charge is 0.291 e. The Morgan fingerprint density at radius 3 is 2.86 bits per heavy atom. The van der Waals surface area contributed by atoms with E-state index >= 15 is 0 Å². The van der Waals surface area contributed by atoms with E-state index in [1.807, 2.05) is 11.8 Å².